The number of hydrogen-bond acceptors (Lipinski definition) is 3. The lowest BCUT2D eigenvalue weighted by atomic mass is 10.1. The Morgan fingerprint density at radius 2 is 2.00 bits per heavy atom. The number of benzene rings is 1. The molecule has 2 heterocycles. The molecule has 108 valence electrons. The molecule has 1 aromatic carbocycles. The van der Waals surface area contributed by atoms with E-state index in [1.807, 2.05) is 30.0 Å². The Morgan fingerprint density at radius 3 is 2.76 bits per heavy atom. The summed E-state index contributed by atoms with van der Waals surface area (Å²) in [5.41, 5.74) is 2.91. The van der Waals surface area contributed by atoms with Gasteiger partial charge in [-0.1, -0.05) is 23.2 Å². The highest BCUT2D eigenvalue weighted by Crippen LogP contribution is 2.27. The van der Waals surface area contributed by atoms with Crippen molar-refractivity contribution in [3.8, 4) is 11.3 Å². The molecule has 0 N–H and O–H groups in total. The maximum Gasteiger partial charge on any atom is 0.274 e. The highest BCUT2D eigenvalue weighted by atomic mass is 35.5. The fraction of sp³-hybridized carbons (Fsp3) is 0.312. The highest BCUT2D eigenvalue weighted by molar-refractivity contribution is 6.33. The van der Waals surface area contributed by atoms with E-state index >= 15 is 0 Å². The van der Waals surface area contributed by atoms with Crippen LogP contribution in [0.25, 0.3) is 11.3 Å². The first-order valence-corrected chi connectivity index (χ1v) is 7.41. The zero-order chi connectivity index (χ0) is 14.8. The number of carbonyl (C=O) groups is 1. The van der Waals surface area contributed by atoms with Gasteiger partial charge in [-0.3, -0.25) is 9.78 Å². The third-order valence-electron chi connectivity index (χ3n) is 3.64. The summed E-state index contributed by atoms with van der Waals surface area (Å²) in [6.07, 6.45) is 5.28. The zero-order valence-electron chi connectivity index (χ0n) is 11.8. The molecule has 1 amide bonds. The molecular formula is C16H16ClN3O. The third kappa shape index (κ3) is 2.90. The van der Waals surface area contributed by atoms with Gasteiger partial charge in [0.25, 0.3) is 5.91 Å². The van der Waals surface area contributed by atoms with Gasteiger partial charge in [-0.05, 0) is 31.9 Å². The van der Waals surface area contributed by atoms with Gasteiger partial charge in [0, 0.05) is 18.7 Å². The molecule has 0 bridgehead atoms. The van der Waals surface area contributed by atoms with Gasteiger partial charge in [0.15, 0.2) is 0 Å². The second-order valence-corrected chi connectivity index (χ2v) is 5.68. The molecule has 1 fully saturated rings. The van der Waals surface area contributed by atoms with E-state index in [1.54, 1.807) is 6.20 Å². The lowest BCUT2D eigenvalue weighted by Gasteiger charge is -2.14. The maximum absolute atomic E-state index is 12.4. The molecular weight excluding hydrogens is 286 g/mol. The van der Waals surface area contributed by atoms with Crippen LogP contribution in [0, 0.1) is 6.92 Å². The van der Waals surface area contributed by atoms with E-state index in [2.05, 4.69) is 9.97 Å². The summed E-state index contributed by atoms with van der Waals surface area (Å²) in [6, 6.07) is 5.73. The summed E-state index contributed by atoms with van der Waals surface area (Å²) in [6.45, 7) is 3.60. The van der Waals surface area contributed by atoms with Crippen LogP contribution in [0.5, 0.6) is 0 Å². The zero-order valence-corrected chi connectivity index (χ0v) is 12.6. The Bertz CT molecular complexity index is 681. The van der Waals surface area contributed by atoms with E-state index < -0.39 is 0 Å². The first-order valence-electron chi connectivity index (χ1n) is 7.03. The Balaban J connectivity index is 1.96. The number of rotatable bonds is 2. The minimum atomic E-state index is -0.0503. The monoisotopic (exact) mass is 301 g/mol. The minimum absolute atomic E-state index is 0.0503. The predicted molar refractivity (Wildman–Crippen MR) is 82.4 cm³/mol. The van der Waals surface area contributed by atoms with Crippen molar-refractivity contribution in [2.75, 3.05) is 13.1 Å². The van der Waals surface area contributed by atoms with Gasteiger partial charge in [0.2, 0.25) is 0 Å². The van der Waals surface area contributed by atoms with E-state index in [1.165, 1.54) is 6.20 Å². The predicted octanol–water partition coefficient (Wildman–Crippen LogP) is 3.34. The number of aromatic nitrogens is 2. The van der Waals surface area contributed by atoms with Gasteiger partial charge < -0.3 is 4.90 Å². The Labute approximate surface area is 128 Å². The van der Waals surface area contributed by atoms with Crippen LogP contribution in [0.2, 0.25) is 5.02 Å². The van der Waals surface area contributed by atoms with Gasteiger partial charge in [-0.15, -0.1) is 0 Å². The van der Waals surface area contributed by atoms with Crippen molar-refractivity contribution < 1.29 is 4.79 Å². The van der Waals surface area contributed by atoms with Crippen molar-refractivity contribution in [2.24, 2.45) is 0 Å². The van der Waals surface area contributed by atoms with E-state index in [4.69, 9.17) is 11.6 Å². The van der Waals surface area contributed by atoms with Crippen LogP contribution < -0.4 is 0 Å². The van der Waals surface area contributed by atoms with Crippen LogP contribution in [-0.2, 0) is 0 Å². The van der Waals surface area contributed by atoms with Gasteiger partial charge in [-0.2, -0.15) is 0 Å². The summed E-state index contributed by atoms with van der Waals surface area (Å²) in [5.74, 6) is -0.0503. The second kappa shape index (κ2) is 5.82. The number of hydrogen-bond donors (Lipinski definition) is 0. The SMILES string of the molecule is Cc1ccc(Cl)c(-c2cncc(C(=O)N3CCCC3)n2)c1. The van der Waals surface area contributed by atoms with Crippen LogP contribution in [-0.4, -0.2) is 33.9 Å². The van der Waals surface area contributed by atoms with Crippen molar-refractivity contribution >= 4 is 17.5 Å². The van der Waals surface area contributed by atoms with Crippen molar-refractivity contribution in [2.45, 2.75) is 19.8 Å². The third-order valence-corrected chi connectivity index (χ3v) is 3.97. The molecule has 0 saturated carbocycles. The van der Waals surface area contributed by atoms with E-state index in [9.17, 15) is 4.79 Å². The molecule has 21 heavy (non-hydrogen) atoms. The van der Waals surface area contributed by atoms with Crippen LogP contribution in [0.15, 0.2) is 30.6 Å². The molecule has 1 aliphatic heterocycles. The normalized spacial score (nSPS) is 14.5. The molecule has 1 aromatic heterocycles. The molecule has 1 aliphatic rings. The molecule has 2 aromatic rings. The molecule has 0 unspecified atom stereocenters. The fourth-order valence-corrected chi connectivity index (χ4v) is 2.73. The summed E-state index contributed by atoms with van der Waals surface area (Å²) < 4.78 is 0. The molecule has 0 atom stereocenters. The number of aryl methyl sites for hydroxylation is 1. The topological polar surface area (TPSA) is 46.1 Å². The lowest BCUT2D eigenvalue weighted by Crippen LogP contribution is -2.28. The lowest BCUT2D eigenvalue weighted by molar-refractivity contribution is 0.0786. The fourth-order valence-electron chi connectivity index (χ4n) is 2.52. The molecule has 0 aliphatic carbocycles. The van der Waals surface area contributed by atoms with Crippen LogP contribution in [0.3, 0.4) is 0 Å². The van der Waals surface area contributed by atoms with Gasteiger partial charge in [0.05, 0.1) is 23.1 Å². The second-order valence-electron chi connectivity index (χ2n) is 5.27. The summed E-state index contributed by atoms with van der Waals surface area (Å²) in [4.78, 5) is 22.8. The molecule has 0 radical (unpaired) electrons. The standard InChI is InChI=1S/C16H16ClN3O/c1-11-4-5-13(17)12(8-11)14-9-18-10-15(19-14)16(21)20-6-2-3-7-20/h4-5,8-10H,2-3,6-7H2,1H3. The molecule has 0 spiro atoms. The molecule has 4 nitrogen and oxygen atoms in total. The molecule has 1 saturated heterocycles. The number of nitrogens with zero attached hydrogens (tertiary/aromatic N) is 3. The van der Waals surface area contributed by atoms with Gasteiger partial charge in [-0.25, -0.2) is 4.98 Å². The number of carbonyl (C=O) groups excluding carboxylic acids is 1. The van der Waals surface area contributed by atoms with Gasteiger partial charge >= 0.3 is 0 Å². The molecule has 5 heteroatoms. The summed E-state index contributed by atoms with van der Waals surface area (Å²) >= 11 is 6.23. The van der Waals surface area contributed by atoms with E-state index in [0.29, 0.717) is 16.4 Å². The van der Waals surface area contributed by atoms with E-state index in [-0.39, 0.29) is 5.91 Å². The Hall–Kier alpha value is -1.94. The van der Waals surface area contributed by atoms with Crippen molar-refractivity contribution in [1.29, 1.82) is 0 Å². The first kappa shape index (κ1) is 14.0. The summed E-state index contributed by atoms with van der Waals surface area (Å²) in [7, 11) is 0. The quantitative estimate of drug-likeness (QED) is 0.854. The van der Waals surface area contributed by atoms with Crippen LogP contribution >= 0.6 is 11.6 Å². The Kier molecular flexibility index (Phi) is 3.88. The van der Waals surface area contributed by atoms with Crippen LogP contribution in [0.4, 0.5) is 0 Å². The molecule has 3 rings (SSSR count). The number of likely N-dealkylation sites (tertiary alicyclic amines) is 1. The largest absolute Gasteiger partial charge is 0.337 e. The smallest absolute Gasteiger partial charge is 0.274 e. The Morgan fingerprint density at radius 1 is 1.24 bits per heavy atom. The van der Waals surface area contributed by atoms with Crippen LogP contribution in [0.1, 0.15) is 28.9 Å². The van der Waals surface area contributed by atoms with Crippen molar-refractivity contribution in [3.05, 3.63) is 46.9 Å². The average molecular weight is 302 g/mol. The summed E-state index contributed by atoms with van der Waals surface area (Å²) in [5, 5.41) is 0.612. The van der Waals surface area contributed by atoms with Crippen molar-refractivity contribution in [3.63, 3.8) is 0 Å². The van der Waals surface area contributed by atoms with Crippen molar-refractivity contribution in [1.82, 2.24) is 14.9 Å². The first-order chi connectivity index (χ1) is 10.1. The maximum atomic E-state index is 12.4. The van der Waals surface area contributed by atoms with E-state index in [0.717, 1.165) is 37.1 Å². The number of halogens is 1. The number of amides is 1. The minimum Gasteiger partial charge on any atom is -0.337 e. The van der Waals surface area contributed by atoms with Gasteiger partial charge in [0.1, 0.15) is 5.69 Å². The highest BCUT2D eigenvalue weighted by Gasteiger charge is 2.21. The average Bonchev–Trinajstić information content (AvgIpc) is 3.03.